The summed E-state index contributed by atoms with van der Waals surface area (Å²) in [6.45, 7) is 5.56. The largest absolute Gasteiger partial charge is 0.360 e. The molecular weight excluding hydrogens is 262 g/mol. The summed E-state index contributed by atoms with van der Waals surface area (Å²) in [6.07, 6.45) is 4.73. The first-order valence-corrected chi connectivity index (χ1v) is 7.36. The smallest absolute Gasteiger partial charge is 0.266 e. The van der Waals surface area contributed by atoms with Gasteiger partial charge < -0.3 is 10.2 Å². The number of hydrogen-bond acceptors (Lipinski definition) is 3. The van der Waals surface area contributed by atoms with E-state index < -0.39 is 0 Å². The van der Waals surface area contributed by atoms with Gasteiger partial charge in [-0.15, -0.1) is 0 Å². The summed E-state index contributed by atoms with van der Waals surface area (Å²) in [7, 11) is 0. The zero-order valence-electron chi connectivity index (χ0n) is 12.6. The molecular formula is C17H21N3O. The van der Waals surface area contributed by atoms with Crippen LogP contribution in [0.1, 0.15) is 30.4 Å². The summed E-state index contributed by atoms with van der Waals surface area (Å²) >= 11 is 0. The highest BCUT2D eigenvalue weighted by Crippen LogP contribution is 2.18. The molecule has 4 nitrogen and oxygen atoms in total. The predicted octanol–water partition coefficient (Wildman–Crippen LogP) is 3.14. The van der Waals surface area contributed by atoms with Gasteiger partial charge in [-0.05, 0) is 50.3 Å². The third-order valence-corrected chi connectivity index (χ3v) is 3.97. The molecule has 1 amide bonds. The average Bonchev–Trinajstić information content (AvgIpc) is 2.52. The van der Waals surface area contributed by atoms with Crippen molar-refractivity contribution in [3.63, 3.8) is 0 Å². The Morgan fingerprint density at radius 2 is 2.00 bits per heavy atom. The molecule has 1 aromatic rings. The zero-order valence-corrected chi connectivity index (χ0v) is 12.6. The summed E-state index contributed by atoms with van der Waals surface area (Å²) in [6, 6.07) is 7.95. The highest BCUT2D eigenvalue weighted by Gasteiger charge is 2.20. The van der Waals surface area contributed by atoms with Crippen molar-refractivity contribution >= 4 is 11.6 Å². The molecule has 1 aromatic carbocycles. The Balaban J connectivity index is 2.11. The van der Waals surface area contributed by atoms with E-state index in [1.165, 1.54) is 11.8 Å². The fourth-order valence-electron chi connectivity index (χ4n) is 2.47. The predicted molar refractivity (Wildman–Crippen MR) is 83.7 cm³/mol. The summed E-state index contributed by atoms with van der Waals surface area (Å²) in [5.74, 6) is -0.171. The monoisotopic (exact) mass is 283 g/mol. The first kappa shape index (κ1) is 15.1. The maximum absolute atomic E-state index is 12.3. The van der Waals surface area contributed by atoms with Crippen molar-refractivity contribution in [1.29, 1.82) is 5.26 Å². The Morgan fingerprint density at radius 3 is 2.67 bits per heavy atom. The van der Waals surface area contributed by atoms with E-state index in [1.54, 1.807) is 4.90 Å². The topological polar surface area (TPSA) is 56.1 Å². The molecule has 0 saturated carbocycles. The maximum Gasteiger partial charge on any atom is 0.266 e. The normalized spacial score (nSPS) is 15.5. The van der Waals surface area contributed by atoms with Gasteiger partial charge in [0.15, 0.2) is 0 Å². The van der Waals surface area contributed by atoms with Gasteiger partial charge in [0.1, 0.15) is 11.6 Å². The second-order valence-electron chi connectivity index (χ2n) is 5.41. The standard InChI is InChI=1S/C17H21N3O/c1-13-7-6-8-16(14(13)2)19-12-15(11-18)17(21)20-9-4-3-5-10-20/h6-8,12,19H,3-5,9-10H2,1-2H3/b15-12-. The second-order valence-corrected chi connectivity index (χ2v) is 5.41. The van der Waals surface area contributed by atoms with E-state index in [9.17, 15) is 10.1 Å². The first-order chi connectivity index (χ1) is 10.1. The highest BCUT2D eigenvalue weighted by molar-refractivity contribution is 5.97. The maximum atomic E-state index is 12.3. The number of nitrogens with zero attached hydrogens (tertiary/aromatic N) is 2. The number of rotatable bonds is 3. The number of carbonyl (C=O) groups excluding carboxylic acids is 1. The molecule has 2 rings (SSSR count). The Labute approximate surface area is 126 Å². The van der Waals surface area contributed by atoms with Gasteiger partial charge in [-0.2, -0.15) is 5.26 Å². The number of anilines is 1. The zero-order chi connectivity index (χ0) is 15.2. The minimum Gasteiger partial charge on any atom is -0.360 e. The molecule has 1 aliphatic heterocycles. The number of piperidine rings is 1. The number of carbonyl (C=O) groups is 1. The van der Waals surface area contributed by atoms with Crippen LogP contribution in [-0.2, 0) is 4.79 Å². The van der Waals surface area contributed by atoms with E-state index in [0.29, 0.717) is 0 Å². The molecule has 21 heavy (non-hydrogen) atoms. The molecule has 0 bridgehead atoms. The summed E-state index contributed by atoms with van der Waals surface area (Å²) in [5.41, 5.74) is 3.39. The second kappa shape index (κ2) is 6.94. The fourth-order valence-corrected chi connectivity index (χ4v) is 2.47. The first-order valence-electron chi connectivity index (χ1n) is 7.36. The van der Waals surface area contributed by atoms with E-state index in [2.05, 4.69) is 5.32 Å². The van der Waals surface area contributed by atoms with Crippen LogP contribution in [0.4, 0.5) is 5.69 Å². The molecule has 4 heteroatoms. The van der Waals surface area contributed by atoms with E-state index in [0.717, 1.165) is 43.6 Å². The van der Waals surface area contributed by atoms with Crippen molar-refractivity contribution in [1.82, 2.24) is 4.90 Å². The van der Waals surface area contributed by atoms with Crippen molar-refractivity contribution in [2.24, 2.45) is 0 Å². The van der Waals surface area contributed by atoms with Crippen molar-refractivity contribution in [3.8, 4) is 6.07 Å². The summed E-state index contributed by atoms with van der Waals surface area (Å²) in [5, 5.41) is 12.3. The number of nitrogens with one attached hydrogen (secondary N) is 1. The molecule has 0 atom stereocenters. The minimum absolute atomic E-state index is 0.165. The van der Waals surface area contributed by atoms with Crippen LogP contribution in [0.15, 0.2) is 30.0 Å². The van der Waals surface area contributed by atoms with Crippen LogP contribution in [0.2, 0.25) is 0 Å². The number of amides is 1. The number of nitriles is 1. The molecule has 0 radical (unpaired) electrons. The Morgan fingerprint density at radius 1 is 1.29 bits per heavy atom. The van der Waals surface area contributed by atoms with Gasteiger partial charge in [-0.3, -0.25) is 4.79 Å². The van der Waals surface area contributed by atoms with Crippen LogP contribution >= 0.6 is 0 Å². The van der Waals surface area contributed by atoms with E-state index in [4.69, 9.17) is 0 Å². The van der Waals surface area contributed by atoms with Gasteiger partial charge in [-0.1, -0.05) is 12.1 Å². The molecule has 0 spiro atoms. The lowest BCUT2D eigenvalue weighted by Gasteiger charge is -2.26. The van der Waals surface area contributed by atoms with Crippen molar-refractivity contribution in [2.75, 3.05) is 18.4 Å². The summed E-state index contributed by atoms with van der Waals surface area (Å²) < 4.78 is 0. The number of hydrogen-bond donors (Lipinski definition) is 1. The van der Waals surface area contributed by atoms with Crippen molar-refractivity contribution < 1.29 is 4.79 Å². The van der Waals surface area contributed by atoms with Gasteiger partial charge in [0.2, 0.25) is 0 Å². The molecule has 1 N–H and O–H groups in total. The lowest BCUT2D eigenvalue weighted by atomic mass is 10.1. The Hall–Kier alpha value is -2.28. The molecule has 110 valence electrons. The molecule has 1 fully saturated rings. The molecule has 1 heterocycles. The lowest BCUT2D eigenvalue weighted by molar-refractivity contribution is -0.127. The minimum atomic E-state index is -0.171. The molecule has 0 unspecified atom stereocenters. The van der Waals surface area contributed by atoms with Crippen LogP contribution in [0, 0.1) is 25.2 Å². The lowest BCUT2D eigenvalue weighted by Crippen LogP contribution is -2.36. The Kier molecular flexibility index (Phi) is 4.99. The van der Waals surface area contributed by atoms with Gasteiger partial charge in [0, 0.05) is 25.0 Å². The SMILES string of the molecule is Cc1cccc(N/C=C(/C#N)C(=O)N2CCCCC2)c1C. The molecule has 1 aliphatic rings. The third-order valence-electron chi connectivity index (χ3n) is 3.97. The third kappa shape index (κ3) is 3.63. The molecule has 0 aromatic heterocycles. The van der Waals surface area contributed by atoms with Crippen LogP contribution in [0.25, 0.3) is 0 Å². The van der Waals surface area contributed by atoms with Crippen molar-refractivity contribution in [3.05, 3.63) is 41.1 Å². The van der Waals surface area contributed by atoms with E-state index in [1.807, 2.05) is 38.1 Å². The fraction of sp³-hybridized carbons (Fsp3) is 0.412. The van der Waals surface area contributed by atoms with Crippen molar-refractivity contribution in [2.45, 2.75) is 33.1 Å². The number of aryl methyl sites for hydroxylation is 1. The van der Waals surface area contributed by atoms with Gasteiger partial charge >= 0.3 is 0 Å². The van der Waals surface area contributed by atoms with Crippen LogP contribution in [0.5, 0.6) is 0 Å². The van der Waals surface area contributed by atoms with Gasteiger partial charge in [0.25, 0.3) is 5.91 Å². The number of likely N-dealkylation sites (tertiary alicyclic amines) is 1. The Bertz CT molecular complexity index is 593. The van der Waals surface area contributed by atoms with Gasteiger partial charge in [-0.25, -0.2) is 0 Å². The quantitative estimate of drug-likeness (QED) is 0.685. The van der Waals surface area contributed by atoms with E-state index in [-0.39, 0.29) is 11.5 Å². The van der Waals surface area contributed by atoms with Crippen LogP contribution in [0.3, 0.4) is 0 Å². The number of benzene rings is 1. The highest BCUT2D eigenvalue weighted by atomic mass is 16.2. The summed E-state index contributed by atoms with van der Waals surface area (Å²) in [4.78, 5) is 14.1. The average molecular weight is 283 g/mol. The van der Waals surface area contributed by atoms with Crippen LogP contribution < -0.4 is 5.32 Å². The molecule has 1 saturated heterocycles. The van der Waals surface area contributed by atoms with Gasteiger partial charge in [0.05, 0.1) is 0 Å². The van der Waals surface area contributed by atoms with E-state index >= 15 is 0 Å². The molecule has 0 aliphatic carbocycles. The van der Waals surface area contributed by atoms with Crippen LogP contribution in [-0.4, -0.2) is 23.9 Å².